The molecule has 3 aromatic heterocycles. The summed E-state index contributed by atoms with van der Waals surface area (Å²) < 4.78 is 10.5. The fourth-order valence-electron chi connectivity index (χ4n) is 8.37. The molecule has 10 aromatic rings. The summed E-state index contributed by atoms with van der Waals surface area (Å²) in [5.74, 6) is 2.45. The SMILES string of the molecule is CC(C)(C)c1ccc(-c2ccnc(-n3c4[c-]c(Oc5[c-]c(-c6ncn(-c7cc(-c8ccccc8)cc(-c8ccccc8)c7)n6)ccc5)ccc4c4ccccc43)c2)c(C(C)(C)C)c1.[Pt+2]. The van der Waals surface area contributed by atoms with Crippen molar-refractivity contribution >= 4 is 21.8 Å². The van der Waals surface area contributed by atoms with Gasteiger partial charge < -0.3 is 9.30 Å². The average Bonchev–Trinajstić information content (AvgIpc) is 3.93. The Morgan fingerprint density at radius 3 is 1.92 bits per heavy atom. The van der Waals surface area contributed by atoms with E-state index in [1.54, 1.807) is 6.33 Å². The first-order valence-electron chi connectivity index (χ1n) is 21.4. The predicted molar refractivity (Wildman–Crippen MR) is 257 cm³/mol. The molecule has 0 unspecified atom stereocenters. The van der Waals surface area contributed by atoms with Crippen LogP contribution >= 0.6 is 0 Å². The first kappa shape index (κ1) is 42.4. The summed E-state index contributed by atoms with van der Waals surface area (Å²) >= 11 is 0. The van der Waals surface area contributed by atoms with Crippen LogP contribution in [0.4, 0.5) is 0 Å². The second-order valence-corrected chi connectivity index (χ2v) is 18.1. The molecule has 10 rings (SSSR count). The summed E-state index contributed by atoms with van der Waals surface area (Å²) in [6.45, 7) is 13.7. The molecule has 0 saturated carbocycles. The second kappa shape index (κ2) is 17.0. The molecule has 0 N–H and O–H groups in total. The largest absolute Gasteiger partial charge is 2.00 e. The second-order valence-electron chi connectivity index (χ2n) is 18.1. The van der Waals surface area contributed by atoms with E-state index in [4.69, 9.17) is 19.8 Å². The predicted octanol–water partition coefficient (Wildman–Crippen LogP) is 14.4. The van der Waals surface area contributed by atoms with Crippen molar-refractivity contribution in [3.05, 3.63) is 200 Å². The zero-order valence-corrected chi connectivity index (χ0v) is 39.0. The number of fused-ring (bicyclic) bond motifs is 3. The monoisotopic (exact) mass is 1010 g/mol. The Bertz CT molecular complexity index is 3220. The Morgan fingerprint density at radius 1 is 0.531 bits per heavy atom. The number of nitrogens with zero attached hydrogens (tertiary/aromatic N) is 5. The number of pyridine rings is 1. The molecule has 0 radical (unpaired) electrons. The molecular formula is C57H47N5OPt. The first-order chi connectivity index (χ1) is 30.5. The number of benzene rings is 7. The number of hydrogen-bond donors (Lipinski definition) is 0. The molecule has 0 amide bonds. The number of aromatic nitrogens is 5. The maximum Gasteiger partial charge on any atom is 2.00 e. The van der Waals surface area contributed by atoms with Gasteiger partial charge in [0.15, 0.2) is 0 Å². The van der Waals surface area contributed by atoms with Gasteiger partial charge in [-0.25, -0.2) is 9.67 Å². The minimum absolute atomic E-state index is 0. The smallest absolute Gasteiger partial charge is 0.503 e. The molecule has 6 nitrogen and oxygen atoms in total. The third kappa shape index (κ3) is 8.34. The normalized spacial score (nSPS) is 11.8. The van der Waals surface area contributed by atoms with Crippen LogP contribution < -0.4 is 4.74 Å². The van der Waals surface area contributed by atoms with Crippen molar-refractivity contribution in [3.8, 4) is 67.8 Å². The van der Waals surface area contributed by atoms with Crippen LogP contribution in [0.25, 0.3) is 78.1 Å². The van der Waals surface area contributed by atoms with Crippen LogP contribution in [0, 0.1) is 12.1 Å². The van der Waals surface area contributed by atoms with Crippen LogP contribution in [0.15, 0.2) is 176 Å². The van der Waals surface area contributed by atoms with Crippen LogP contribution in [0.3, 0.4) is 0 Å². The van der Waals surface area contributed by atoms with Gasteiger partial charge in [-0.2, -0.15) is 11.2 Å². The van der Waals surface area contributed by atoms with E-state index in [1.807, 2.05) is 47.3 Å². The number of ether oxygens (including phenoxy) is 1. The molecule has 64 heavy (non-hydrogen) atoms. The zero-order valence-electron chi connectivity index (χ0n) is 36.7. The van der Waals surface area contributed by atoms with Crippen molar-refractivity contribution in [1.29, 1.82) is 0 Å². The van der Waals surface area contributed by atoms with Gasteiger partial charge in [0.05, 0.1) is 11.5 Å². The number of rotatable bonds is 8. The van der Waals surface area contributed by atoms with E-state index in [-0.39, 0.29) is 31.9 Å². The van der Waals surface area contributed by atoms with E-state index < -0.39 is 0 Å². The number of hydrogen-bond acceptors (Lipinski definition) is 4. The van der Waals surface area contributed by atoms with Crippen LogP contribution in [-0.2, 0) is 31.9 Å². The summed E-state index contributed by atoms with van der Waals surface area (Å²) in [5, 5.41) is 7.12. The fraction of sp³-hybridized carbons (Fsp3) is 0.140. The van der Waals surface area contributed by atoms with Gasteiger partial charge in [0.25, 0.3) is 0 Å². The molecule has 0 aliphatic carbocycles. The Balaban J connectivity index is 0.00000518. The van der Waals surface area contributed by atoms with E-state index in [1.165, 1.54) is 16.7 Å². The van der Waals surface area contributed by atoms with Gasteiger partial charge in [-0.3, -0.25) is 4.98 Å². The third-order valence-electron chi connectivity index (χ3n) is 11.7. The third-order valence-corrected chi connectivity index (χ3v) is 11.7. The Hall–Kier alpha value is -6.88. The van der Waals surface area contributed by atoms with Gasteiger partial charge in [-0.1, -0.05) is 150 Å². The number of para-hydroxylation sites is 1. The van der Waals surface area contributed by atoms with E-state index in [0.717, 1.165) is 66.7 Å². The summed E-state index contributed by atoms with van der Waals surface area (Å²) in [7, 11) is 0. The zero-order chi connectivity index (χ0) is 43.3. The van der Waals surface area contributed by atoms with Gasteiger partial charge in [-0.05, 0) is 97.1 Å². The summed E-state index contributed by atoms with van der Waals surface area (Å²) in [5.41, 5.74) is 13.0. The quantitative estimate of drug-likeness (QED) is 0.142. The van der Waals surface area contributed by atoms with E-state index in [9.17, 15) is 0 Å². The van der Waals surface area contributed by atoms with Gasteiger partial charge in [0.1, 0.15) is 12.1 Å². The summed E-state index contributed by atoms with van der Waals surface area (Å²) in [4.78, 5) is 9.69. The maximum atomic E-state index is 6.53. The minimum atomic E-state index is -0.0572. The van der Waals surface area contributed by atoms with Crippen LogP contribution in [0.2, 0.25) is 0 Å². The van der Waals surface area contributed by atoms with Gasteiger partial charge in [0, 0.05) is 23.2 Å². The van der Waals surface area contributed by atoms with E-state index >= 15 is 0 Å². The van der Waals surface area contributed by atoms with Crippen molar-refractivity contribution in [1.82, 2.24) is 24.3 Å². The van der Waals surface area contributed by atoms with Crippen molar-refractivity contribution in [2.75, 3.05) is 0 Å². The molecule has 7 aromatic carbocycles. The molecule has 0 spiro atoms. The Labute approximate surface area is 389 Å². The standard InChI is InChI=1S/C57H47N5O.Pt/c1-56(2,3)44-24-26-48(51(35-44)57(4,5)6)40-28-29-58-54(34-40)62-52-23-14-13-22-49(52)50-27-25-47(36-53(50)62)63-46-21-15-20-41(33-46)55-59-37-61(60-55)45-31-42(38-16-9-7-10-17-38)30-43(32-45)39-18-11-8-12-19-39;/h7-32,34-35,37H,1-6H3;/q-2;+2. The van der Waals surface area contributed by atoms with Gasteiger partial charge in [0.2, 0.25) is 0 Å². The van der Waals surface area contributed by atoms with Crippen molar-refractivity contribution < 1.29 is 25.8 Å². The topological polar surface area (TPSA) is 57.8 Å². The summed E-state index contributed by atoms with van der Waals surface area (Å²) in [6, 6.07) is 63.9. The molecule has 0 fully saturated rings. The van der Waals surface area contributed by atoms with Gasteiger partial charge >= 0.3 is 21.1 Å². The van der Waals surface area contributed by atoms with E-state index in [0.29, 0.717) is 17.3 Å². The van der Waals surface area contributed by atoms with Crippen molar-refractivity contribution in [2.45, 2.75) is 52.4 Å². The molecule has 0 aliphatic rings. The molecule has 316 valence electrons. The van der Waals surface area contributed by atoms with Crippen molar-refractivity contribution in [3.63, 3.8) is 0 Å². The molecule has 0 bridgehead atoms. The molecule has 3 heterocycles. The van der Waals surface area contributed by atoms with E-state index in [2.05, 4.69) is 186 Å². The van der Waals surface area contributed by atoms with Crippen LogP contribution in [-0.4, -0.2) is 24.3 Å². The van der Waals surface area contributed by atoms with Crippen molar-refractivity contribution in [2.24, 2.45) is 0 Å². The average molecular weight is 1010 g/mol. The Morgan fingerprint density at radius 2 is 1.22 bits per heavy atom. The fourth-order valence-corrected chi connectivity index (χ4v) is 8.37. The molecular weight excluding hydrogens is 966 g/mol. The minimum Gasteiger partial charge on any atom is -0.503 e. The maximum absolute atomic E-state index is 6.53. The Kier molecular flexibility index (Phi) is 11.3. The van der Waals surface area contributed by atoms with Crippen LogP contribution in [0.5, 0.6) is 11.5 Å². The molecule has 7 heteroatoms. The van der Waals surface area contributed by atoms with Crippen LogP contribution in [0.1, 0.15) is 52.7 Å². The first-order valence-corrected chi connectivity index (χ1v) is 21.4. The molecule has 0 aliphatic heterocycles. The molecule has 0 saturated heterocycles. The van der Waals surface area contributed by atoms with Gasteiger partial charge in [-0.15, -0.1) is 41.3 Å². The molecule has 0 atom stereocenters. The summed E-state index contributed by atoms with van der Waals surface area (Å²) in [6.07, 6.45) is 3.66.